The molecule has 2 aromatic carbocycles. The van der Waals surface area contributed by atoms with Gasteiger partial charge in [0, 0.05) is 12.1 Å². The van der Waals surface area contributed by atoms with Crippen molar-refractivity contribution in [1.29, 1.82) is 0 Å². The van der Waals surface area contributed by atoms with E-state index in [1.54, 1.807) is 55.6 Å². The van der Waals surface area contributed by atoms with Gasteiger partial charge in [-0.2, -0.15) is 0 Å². The fourth-order valence-electron chi connectivity index (χ4n) is 3.01. The first kappa shape index (κ1) is 13.8. The van der Waals surface area contributed by atoms with Gasteiger partial charge in [0.2, 0.25) is 0 Å². The molecule has 5 nitrogen and oxygen atoms in total. The van der Waals surface area contributed by atoms with Crippen LogP contribution in [-0.4, -0.2) is 24.4 Å². The number of fused-ring (bicyclic) bond motifs is 2. The Kier molecular flexibility index (Phi) is 2.91. The van der Waals surface area contributed by atoms with Crippen molar-refractivity contribution >= 4 is 17.4 Å². The first-order valence-electron chi connectivity index (χ1n) is 7.42. The van der Waals surface area contributed by atoms with Crippen LogP contribution < -0.4 is 14.8 Å². The van der Waals surface area contributed by atoms with Crippen LogP contribution in [0.2, 0.25) is 0 Å². The van der Waals surface area contributed by atoms with Crippen LogP contribution in [0.1, 0.15) is 16.8 Å². The molecule has 1 N–H and O–H groups in total. The topological polar surface area (TPSA) is 64.6 Å². The van der Waals surface area contributed by atoms with Gasteiger partial charge in [0.25, 0.3) is 5.91 Å². The zero-order valence-electron chi connectivity index (χ0n) is 12.5. The van der Waals surface area contributed by atoms with Gasteiger partial charge in [-0.3, -0.25) is 9.59 Å². The van der Waals surface area contributed by atoms with Crippen LogP contribution in [0.25, 0.3) is 0 Å². The van der Waals surface area contributed by atoms with E-state index < -0.39 is 11.5 Å². The molecule has 116 valence electrons. The highest BCUT2D eigenvalue weighted by Gasteiger charge is 2.68. The summed E-state index contributed by atoms with van der Waals surface area (Å²) in [4.78, 5) is 25.0. The highest BCUT2D eigenvalue weighted by Crippen LogP contribution is 2.54. The zero-order valence-corrected chi connectivity index (χ0v) is 12.5. The van der Waals surface area contributed by atoms with E-state index in [9.17, 15) is 9.59 Å². The molecule has 0 saturated heterocycles. The number of Topliss-reactive ketones (excluding diaryl/α,β-unsaturated/α-hetero) is 1. The third-order valence-electron chi connectivity index (χ3n) is 4.40. The molecule has 0 spiro atoms. The van der Waals surface area contributed by atoms with Crippen molar-refractivity contribution in [1.82, 2.24) is 0 Å². The summed E-state index contributed by atoms with van der Waals surface area (Å²) in [7, 11) is 1.58. The number of nitrogens with one attached hydrogen (secondary N) is 1. The average Bonchev–Trinajstić information content (AvgIpc) is 3.32. The Morgan fingerprint density at radius 1 is 1.22 bits per heavy atom. The van der Waals surface area contributed by atoms with Gasteiger partial charge in [-0.25, -0.2) is 0 Å². The van der Waals surface area contributed by atoms with E-state index >= 15 is 0 Å². The summed E-state index contributed by atoms with van der Waals surface area (Å²) >= 11 is 0. The lowest BCUT2D eigenvalue weighted by Crippen LogP contribution is -2.41. The molecule has 1 saturated carbocycles. The van der Waals surface area contributed by atoms with Gasteiger partial charge in [0.1, 0.15) is 11.5 Å². The molecule has 1 heterocycles. The minimum atomic E-state index is -1.06. The Bertz CT molecular complexity index is 799. The first-order chi connectivity index (χ1) is 11.1. The highest BCUT2D eigenvalue weighted by molar-refractivity contribution is 6.13. The monoisotopic (exact) mass is 309 g/mol. The molecule has 4 rings (SSSR count). The number of hydrogen-bond donors (Lipinski definition) is 1. The Hall–Kier alpha value is -2.82. The average molecular weight is 309 g/mol. The lowest BCUT2D eigenvalue weighted by Gasteiger charge is -2.24. The lowest BCUT2D eigenvalue weighted by atomic mass is 10.0. The molecule has 0 bridgehead atoms. The van der Waals surface area contributed by atoms with E-state index in [-0.39, 0.29) is 11.7 Å². The number of carbonyl (C=O) groups is 2. The van der Waals surface area contributed by atoms with Crippen molar-refractivity contribution in [3.05, 3.63) is 54.1 Å². The SMILES string of the molecule is COc1ccc(NC(=O)C23CC2C(=O)c2ccccc2O3)cc1. The van der Waals surface area contributed by atoms with Crippen LogP contribution >= 0.6 is 0 Å². The molecule has 0 radical (unpaired) electrons. The summed E-state index contributed by atoms with van der Waals surface area (Å²) in [5.74, 6) is 0.502. The Morgan fingerprint density at radius 2 is 1.96 bits per heavy atom. The van der Waals surface area contributed by atoms with Crippen molar-refractivity contribution in [3.63, 3.8) is 0 Å². The van der Waals surface area contributed by atoms with Crippen LogP contribution in [0.15, 0.2) is 48.5 Å². The van der Waals surface area contributed by atoms with E-state index in [4.69, 9.17) is 9.47 Å². The second kappa shape index (κ2) is 4.84. The third kappa shape index (κ3) is 2.08. The number of ether oxygens (including phenoxy) is 2. The summed E-state index contributed by atoms with van der Waals surface area (Å²) in [5, 5.41) is 2.82. The van der Waals surface area contributed by atoms with Gasteiger partial charge in [0.05, 0.1) is 18.6 Å². The molecule has 23 heavy (non-hydrogen) atoms. The second-order valence-corrected chi connectivity index (χ2v) is 5.79. The van der Waals surface area contributed by atoms with Crippen molar-refractivity contribution in [2.45, 2.75) is 12.0 Å². The molecular weight excluding hydrogens is 294 g/mol. The number of ketones is 1. The second-order valence-electron chi connectivity index (χ2n) is 5.79. The first-order valence-corrected chi connectivity index (χ1v) is 7.42. The maximum atomic E-state index is 12.6. The number of amides is 1. The molecule has 2 atom stereocenters. The predicted octanol–water partition coefficient (Wildman–Crippen LogP) is 2.67. The predicted molar refractivity (Wildman–Crippen MR) is 83.9 cm³/mol. The van der Waals surface area contributed by atoms with Crippen molar-refractivity contribution in [3.8, 4) is 11.5 Å². The van der Waals surface area contributed by atoms with Gasteiger partial charge in [-0.15, -0.1) is 0 Å². The van der Waals surface area contributed by atoms with E-state index in [1.807, 2.05) is 0 Å². The number of benzene rings is 2. The normalized spacial score (nSPS) is 24.0. The van der Waals surface area contributed by atoms with E-state index in [0.717, 1.165) is 0 Å². The largest absolute Gasteiger partial charge is 0.497 e. The smallest absolute Gasteiger partial charge is 0.269 e. The Labute approximate surface area is 133 Å². The van der Waals surface area contributed by atoms with Crippen LogP contribution in [0, 0.1) is 5.92 Å². The number of hydrogen-bond acceptors (Lipinski definition) is 4. The summed E-state index contributed by atoms with van der Waals surface area (Å²) in [6.45, 7) is 0. The molecule has 1 aliphatic heterocycles. The van der Waals surface area contributed by atoms with Crippen molar-refractivity contribution < 1.29 is 19.1 Å². The number of para-hydroxylation sites is 1. The fraction of sp³-hybridized carbons (Fsp3) is 0.222. The zero-order chi connectivity index (χ0) is 16.0. The minimum absolute atomic E-state index is 0.0169. The number of methoxy groups -OCH3 is 1. The standard InChI is InChI=1S/C18H15NO4/c1-22-12-8-6-11(7-9-12)19-17(21)18-10-14(18)16(20)13-4-2-3-5-15(13)23-18/h2-9,14H,10H2,1H3,(H,19,21). The number of rotatable bonds is 3. The minimum Gasteiger partial charge on any atom is -0.497 e. The molecule has 2 unspecified atom stereocenters. The van der Waals surface area contributed by atoms with Crippen molar-refractivity contribution in [2.24, 2.45) is 5.92 Å². The van der Waals surface area contributed by atoms with Crippen molar-refractivity contribution in [2.75, 3.05) is 12.4 Å². The molecule has 0 aromatic heterocycles. The lowest BCUT2D eigenvalue weighted by molar-refractivity contribution is -0.125. The van der Waals surface area contributed by atoms with E-state index in [2.05, 4.69) is 5.32 Å². The van der Waals surface area contributed by atoms with E-state index in [0.29, 0.717) is 29.2 Å². The highest BCUT2D eigenvalue weighted by atomic mass is 16.5. The summed E-state index contributed by atoms with van der Waals surface area (Å²) in [6, 6.07) is 14.1. The Balaban J connectivity index is 1.57. The molecular formula is C18H15NO4. The van der Waals surface area contributed by atoms with Crippen LogP contribution in [-0.2, 0) is 4.79 Å². The quantitative estimate of drug-likeness (QED) is 0.946. The Morgan fingerprint density at radius 3 is 2.70 bits per heavy atom. The fourth-order valence-corrected chi connectivity index (χ4v) is 3.01. The van der Waals surface area contributed by atoms with Crippen LogP contribution in [0.3, 0.4) is 0 Å². The maximum Gasteiger partial charge on any atom is 0.269 e. The summed E-state index contributed by atoms with van der Waals surface area (Å²) in [5.41, 5.74) is 0.138. The van der Waals surface area contributed by atoms with Gasteiger partial charge in [0.15, 0.2) is 11.4 Å². The molecule has 1 amide bonds. The summed E-state index contributed by atoms with van der Waals surface area (Å²) < 4.78 is 11.0. The van der Waals surface area contributed by atoms with Crippen LogP contribution in [0.5, 0.6) is 11.5 Å². The van der Waals surface area contributed by atoms with Gasteiger partial charge < -0.3 is 14.8 Å². The molecule has 1 fully saturated rings. The third-order valence-corrected chi connectivity index (χ3v) is 4.40. The van der Waals surface area contributed by atoms with Gasteiger partial charge in [-0.05, 0) is 36.4 Å². The van der Waals surface area contributed by atoms with E-state index in [1.165, 1.54) is 0 Å². The van der Waals surface area contributed by atoms with Gasteiger partial charge in [-0.1, -0.05) is 12.1 Å². The molecule has 2 aliphatic rings. The van der Waals surface area contributed by atoms with Crippen LogP contribution in [0.4, 0.5) is 5.69 Å². The van der Waals surface area contributed by atoms with Gasteiger partial charge >= 0.3 is 0 Å². The molecule has 2 aromatic rings. The number of anilines is 1. The maximum absolute atomic E-state index is 12.6. The molecule has 5 heteroatoms. The molecule has 1 aliphatic carbocycles. The summed E-state index contributed by atoms with van der Waals surface area (Å²) in [6.07, 6.45) is 0.419. The number of carbonyl (C=O) groups excluding carboxylic acids is 2.